The molecule has 2 heterocycles. The third kappa shape index (κ3) is 1.71. The van der Waals surface area contributed by atoms with E-state index < -0.39 is 5.97 Å². The molecule has 0 unspecified atom stereocenters. The molecule has 0 aliphatic carbocycles. The molecule has 0 aliphatic heterocycles. The Morgan fingerprint density at radius 2 is 2.24 bits per heavy atom. The van der Waals surface area contributed by atoms with Crippen LogP contribution >= 0.6 is 0 Å². The Kier molecular flexibility index (Phi) is 2.71. The van der Waals surface area contributed by atoms with Crippen LogP contribution in [0.5, 0.6) is 0 Å². The van der Waals surface area contributed by atoms with Crippen molar-refractivity contribution in [3.05, 3.63) is 34.0 Å². The maximum absolute atomic E-state index is 12.1. The lowest BCUT2D eigenvalue weighted by molar-refractivity contribution is 0.0696. The SMILES string of the molecule is CCCn1cnn2cc(C(=O)O)c(C)c2c1=O. The molecule has 0 aromatic carbocycles. The van der Waals surface area contributed by atoms with Gasteiger partial charge in [0.2, 0.25) is 0 Å². The minimum absolute atomic E-state index is 0.115. The molecule has 90 valence electrons. The molecule has 0 radical (unpaired) electrons. The van der Waals surface area contributed by atoms with Gasteiger partial charge in [0.1, 0.15) is 11.8 Å². The van der Waals surface area contributed by atoms with E-state index in [1.165, 1.54) is 21.6 Å². The van der Waals surface area contributed by atoms with Crippen LogP contribution in [0.3, 0.4) is 0 Å². The molecule has 2 aromatic rings. The molecule has 0 aliphatic rings. The minimum Gasteiger partial charge on any atom is -0.478 e. The van der Waals surface area contributed by atoms with Crippen molar-refractivity contribution in [1.82, 2.24) is 14.2 Å². The highest BCUT2D eigenvalue weighted by atomic mass is 16.4. The van der Waals surface area contributed by atoms with Crippen LogP contribution in [0.2, 0.25) is 0 Å². The smallest absolute Gasteiger partial charge is 0.337 e. The fourth-order valence-electron chi connectivity index (χ4n) is 1.85. The summed E-state index contributed by atoms with van der Waals surface area (Å²) >= 11 is 0. The van der Waals surface area contributed by atoms with E-state index >= 15 is 0 Å². The van der Waals surface area contributed by atoms with Crippen molar-refractivity contribution in [2.24, 2.45) is 0 Å². The minimum atomic E-state index is -1.05. The Morgan fingerprint density at radius 3 is 2.82 bits per heavy atom. The summed E-state index contributed by atoms with van der Waals surface area (Å²) in [5, 5.41) is 13.0. The number of carboxylic acids is 1. The summed E-state index contributed by atoms with van der Waals surface area (Å²) in [7, 11) is 0. The Labute approximate surface area is 97.1 Å². The third-order valence-corrected chi connectivity index (χ3v) is 2.71. The molecule has 1 N–H and O–H groups in total. The molecule has 2 rings (SSSR count). The molecule has 0 saturated carbocycles. The number of hydrogen-bond acceptors (Lipinski definition) is 3. The number of hydrogen-bond donors (Lipinski definition) is 1. The van der Waals surface area contributed by atoms with Crippen LogP contribution in [0.15, 0.2) is 17.3 Å². The van der Waals surface area contributed by atoms with Gasteiger partial charge in [0.05, 0.1) is 5.56 Å². The summed E-state index contributed by atoms with van der Waals surface area (Å²) in [5.74, 6) is -1.05. The molecule has 0 atom stereocenters. The van der Waals surface area contributed by atoms with Crippen molar-refractivity contribution in [2.45, 2.75) is 26.8 Å². The van der Waals surface area contributed by atoms with E-state index in [-0.39, 0.29) is 11.1 Å². The van der Waals surface area contributed by atoms with Crippen LogP contribution in [-0.2, 0) is 6.54 Å². The van der Waals surface area contributed by atoms with Gasteiger partial charge in [-0.05, 0) is 18.9 Å². The lowest BCUT2D eigenvalue weighted by Crippen LogP contribution is -2.22. The number of carboxylic acid groups (broad SMARTS) is 1. The maximum atomic E-state index is 12.1. The van der Waals surface area contributed by atoms with Crippen molar-refractivity contribution in [1.29, 1.82) is 0 Å². The topological polar surface area (TPSA) is 76.6 Å². The highest BCUT2D eigenvalue weighted by Gasteiger charge is 2.16. The van der Waals surface area contributed by atoms with E-state index in [9.17, 15) is 9.59 Å². The fraction of sp³-hybridized carbons (Fsp3) is 0.364. The molecule has 2 aromatic heterocycles. The number of aryl methyl sites for hydroxylation is 2. The second-order valence-electron chi connectivity index (χ2n) is 3.90. The summed E-state index contributed by atoms with van der Waals surface area (Å²) < 4.78 is 2.82. The zero-order valence-corrected chi connectivity index (χ0v) is 9.67. The zero-order chi connectivity index (χ0) is 12.6. The fourth-order valence-corrected chi connectivity index (χ4v) is 1.85. The van der Waals surface area contributed by atoms with E-state index in [0.29, 0.717) is 17.6 Å². The summed E-state index contributed by atoms with van der Waals surface area (Å²) in [6.07, 6.45) is 3.62. The maximum Gasteiger partial charge on any atom is 0.337 e. The Hall–Kier alpha value is -2.11. The predicted molar refractivity (Wildman–Crippen MR) is 61.4 cm³/mol. The second kappa shape index (κ2) is 4.04. The van der Waals surface area contributed by atoms with Gasteiger partial charge in [0.15, 0.2) is 0 Å². The van der Waals surface area contributed by atoms with Gasteiger partial charge in [0, 0.05) is 12.7 Å². The van der Waals surface area contributed by atoms with Crippen molar-refractivity contribution in [3.63, 3.8) is 0 Å². The largest absolute Gasteiger partial charge is 0.478 e. The van der Waals surface area contributed by atoms with E-state index in [0.717, 1.165) is 6.42 Å². The van der Waals surface area contributed by atoms with Crippen LogP contribution in [0.4, 0.5) is 0 Å². The summed E-state index contributed by atoms with van der Waals surface area (Å²) in [6.45, 7) is 4.16. The molecule has 6 heteroatoms. The number of nitrogens with zero attached hydrogens (tertiary/aromatic N) is 3. The van der Waals surface area contributed by atoms with Crippen molar-refractivity contribution in [2.75, 3.05) is 0 Å². The molecule has 0 spiro atoms. The van der Waals surface area contributed by atoms with Gasteiger partial charge in [-0.1, -0.05) is 6.92 Å². The zero-order valence-electron chi connectivity index (χ0n) is 9.67. The molecule has 0 bridgehead atoms. The highest BCUT2D eigenvalue weighted by Crippen LogP contribution is 2.13. The van der Waals surface area contributed by atoms with E-state index in [1.54, 1.807) is 6.92 Å². The summed E-state index contributed by atoms with van der Waals surface area (Å²) in [4.78, 5) is 23.0. The van der Waals surface area contributed by atoms with Crippen LogP contribution in [0.25, 0.3) is 5.52 Å². The van der Waals surface area contributed by atoms with Gasteiger partial charge in [-0.15, -0.1) is 0 Å². The van der Waals surface area contributed by atoms with Gasteiger partial charge < -0.3 is 5.11 Å². The van der Waals surface area contributed by atoms with Gasteiger partial charge in [-0.25, -0.2) is 9.31 Å². The van der Waals surface area contributed by atoms with Crippen molar-refractivity contribution < 1.29 is 9.90 Å². The normalized spacial score (nSPS) is 10.9. The highest BCUT2D eigenvalue weighted by molar-refractivity contribution is 5.91. The number of carbonyl (C=O) groups is 1. The van der Waals surface area contributed by atoms with Crippen LogP contribution in [0.1, 0.15) is 29.3 Å². The lowest BCUT2D eigenvalue weighted by atomic mass is 10.2. The Bertz CT molecular complexity index is 639. The third-order valence-electron chi connectivity index (χ3n) is 2.71. The van der Waals surface area contributed by atoms with Gasteiger partial charge in [0.25, 0.3) is 5.56 Å². The summed E-state index contributed by atoms with van der Waals surface area (Å²) in [5.41, 5.74) is 0.703. The first-order valence-electron chi connectivity index (χ1n) is 5.37. The molecular formula is C11H13N3O3. The summed E-state index contributed by atoms with van der Waals surface area (Å²) in [6, 6.07) is 0. The quantitative estimate of drug-likeness (QED) is 0.857. The average Bonchev–Trinajstić information content (AvgIpc) is 2.61. The first-order chi connectivity index (χ1) is 8.06. The van der Waals surface area contributed by atoms with E-state index in [4.69, 9.17) is 5.11 Å². The Balaban J connectivity index is 2.77. The standard InChI is InChI=1S/C11H13N3O3/c1-3-4-13-6-12-14-5-8(11(16)17)7(2)9(14)10(13)15/h5-6H,3-4H2,1-2H3,(H,16,17). The van der Waals surface area contributed by atoms with E-state index in [2.05, 4.69) is 5.10 Å². The van der Waals surface area contributed by atoms with E-state index in [1.807, 2.05) is 6.92 Å². The molecular weight excluding hydrogens is 222 g/mol. The van der Waals surface area contributed by atoms with Crippen molar-refractivity contribution in [3.8, 4) is 0 Å². The number of aromatic nitrogens is 3. The van der Waals surface area contributed by atoms with Crippen molar-refractivity contribution >= 4 is 11.5 Å². The van der Waals surface area contributed by atoms with Gasteiger partial charge in [-0.2, -0.15) is 5.10 Å². The molecule has 6 nitrogen and oxygen atoms in total. The van der Waals surface area contributed by atoms with Crippen LogP contribution < -0.4 is 5.56 Å². The van der Waals surface area contributed by atoms with Crippen LogP contribution in [-0.4, -0.2) is 25.3 Å². The van der Waals surface area contributed by atoms with Crippen LogP contribution in [0, 0.1) is 6.92 Å². The van der Waals surface area contributed by atoms with Gasteiger partial charge in [-0.3, -0.25) is 9.36 Å². The molecule has 17 heavy (non-hydrogen) atoms. The lowest BCUT2D eigenvalue weighted by Gasteiger charge is -2.03. The number of fused-ring (bicyclic) bond motifs is 1. The first-order valence-corrected chi connectivity index (χ1v) is 5.37. The number of rotatable bonds is 3. The predicted octanol–water partition coefficient (Wildman–Crippen LogP) is 0.913. The molecule has 0 saturated heterocycles. The van der Waals surface area contributed by atoms with Gasteiger partial charge >= 0.3 is 5.97 Å². The average molecular weight is 235 g/mol. The monoisotopic (exact) mass is 235 g/mol. The second-order valence-corrected chi connectivity index (χ2v) is 3.90. The molecule has 0 fully saturated rings. The molecule has 0 amide bonds. The number of aromatic carboxylic acids is 1. The first kappa shape index (κ1) is 11.4. The Morgan fingerprint density at radius 1 is 1.53 bits per heavy atom.